The Morgan fingerprint density at radius 3 is 2.16 bits per heavy atom. The van der Waals surface area contributed by atoms with E-state index in [0.29, 0.717) is 38.9 Å². The molecule has 4 amide bonds. The average Bonchev–Trinajstić information content (AvgIpc) is 3.64. The van der Waals surface area contributed by atoms with Crippen LogP contribution in [0.2, 0.25) is 0 Å². The van der Waals surface area contributed by atoms with E-state index in [-0.39, 0.29) is 28.7 Å². The zero-order valence-electron chi connectivity index (χ0n) is 45.7. The van der Waals surface area contributed by atoms with Crippen molar-refractivity contribution in [2.45, 2.75) is 159 Å². The summed E-state index contributed by atoms with van der Waals surface area (Å²) in [5.41, 5.74) is 3.34. The topological polar surface area (TPSA) is 231 Å². The number of fused-ring (bicyclic) bond motifs is 2. The highest BCUT2D eigenvalue weighted by atomic mass is 32.2. The van der Waals surface area contributed by atoms with Crippen LogP contribution in [0.5, 0.6) is 0 Å². The minimum Gasteiger partial charge on any atom is -0.691 e. The number of rotatable bonds is 26. The molecule has 1 atom stereocenters. The minimum atomic E-state index is -4.43. The summed E-state index contributed by atoms with van der Waals surface area (Å²) >= 11 is 0.857. The maximum atomic E-state index is 13.4. The number of nitrogens with zero attached hydrogens (tertiary/aromatic N) is 4. The van der Waals surface area contributed by atoms with Gasteiger partial charge in [-0.15, -0.1) is 0 Å². The van der Waals surface area contributed by atoms with E-state index >= 15 is 0 Å². The number of ether oxygens (including phenoxy) is 2. The number of anilines is 1. The molecule has 2 aliphatic heterocycles. The highest BCUT2D eigenvalue weighted by Crippen LogP contribution is 2.49. The summed E-state index contributed by atoms with van der Waals surface area (Å²) in [6, 6.07) is 9.57. The molecule has 0 saturated carbocycles. The second-order valence-corrected chi connectivity index (χ2v) is 24.1. The first-order valence-electron chi connectivity index (χ1n) is 25.4. The lowest BCUT2D eigenvalue weighted by Gasteiger charge is -2.27. The highest BCUT2D eigenvalue weighted by Gasteiger charge is 2.45. The summed E-state index contributed by atoms with van der Waals surface area (Å²) in [6.07, 6.45) is 9.68. The number of amides is 4. The normalized spacial score (nSPS) is 16.1. The summed E-state index contributed by atoms with van der Waals surface area (Å²) in [7, 11) is -0.763. The maximum Gasteiger partial charge on any atom is 0.408 e. The largest absolute Gasteiger partial charge is 0.691 e. The van der Waals surface area contributed by atoms with Gasteiger partial charge in [0, 0.05) is 78.9 Å². The number of benzene rings is 2. The number of unbranched alkanes of at least 4 members (excludes halogenated alkanes) is 3. The van der Waals surface area contributed by atoms with Crippen LogP contribution in [0, 0.1) is 0 Å². The smallest absolute Gasteiger partial charge is 0.408 e. The van der Waals surface area contributed by atoms with E-state index < -0.39 is 45.0 Å². The predicted molar refractivity (Wildman–Crippen MR) is 285 cm³/mol. The molecule has 19 nitrogen and oxygen atoms in total. The van der Waals surface area contributed by atoms with Crippen LogP contribution in [0.3, 0.4) is 0 Å². The van der Waals surface area contributed by atoms with Gasteiger partial charge in [0.1, 0.15) is 23.8 Å². The molecular weight excluding hydrogens is 991 g/mol. The fourth-order valence-corrected chi connectivity index (χ4v) is 10.1. The molecule has 0 aromatic heterocycles. The quantitative estimate of drug-likeness (QED) is 0.0179. The second-order valence-electron chi connectivity index (χ2n) is 21.9. The van der Waals surface area contributed by atoms with E-state index in [9.17, 15) is 37.4 Å². The van der Waals surface area contributed by atoms with Gasteiger partial charge in [-0.05, 0) is 157 Å². The van der Waals surface area contributed by atoms with Gasteiger partial charge in [-0.25, -0.2) is 9.59 Å². The van der Waals surface area contributed by atoms with Crippen molar-refractivity contribution in [1.82, 2.24) is 25.8 Å². The Morgan fingerprint density at radius 2 is 1.51 bits per heavy atom. The predicted octanol–water partition coefficient (Wildman–Crippen LogP) is 7.45. The summed E-state index contributed by atoms with van der Waals surface area (Å²) in [4.78, 5) is 57.6. The lowest BCUT2D eigenvalue weighted by molar-refractivity contribution is -0.777. The van der Waals surface area contributed by atoms with Crippen LogP contribution < -0.4 is 26.1 Å². The number of likely N-dealkylation sites (N-methyl/N-ethyl adjacent to an activating group) is 2. The molecule has 0 saturated heterocycles. The van der Waals surface area contributed by atoms with Crippen LogP contribution in [-0.2, 0) is 49.4 Å². The fraction of sp³-hybridized carbons (Fsp3) is 0.604. The third-order valence-corrected chi connectivity index (χ3v) is 14.2. The summed E-state index contributed by atoms with van der Waals surface area (Å²) in [5, 5.41) is 22.2. The Balaban J connectivity index is 1.26. The molecular formula is C53H81N7O12S2. The first-order chi connectivity index (χ1) is 34.5. The van der Waals surface area contributed by atoms with Gasteiger partial charge in [0.25, 0.3) is 10.1 Å². The van der Waals surface area contributed by atoms with Gasteiger partial charge < -0.3 is 45.4 Å². The lowest BCUT2D eigenvalue weighted by atomic mass is 9.81. The molecule has 21 heteroatoms. The molecule has 0 fully saturated rings. The molecule has 0 aliphatic carbocycles. The van der Waals surface area contributed by atoms with Crippen molar-refractivity contribution in [3.63, 3.8) is 0 Å². The summed E-state index contributed by atoms with van der Waals surface area (Å²) < 4.78 is 51.8. The Bertz CT molecular complexity index is 2500. The van der Waals surface area contributed by atoms with Crippen LogP contribution in [0.4, 0.5) is 21.0 Å². The number of carbonyl (C=O) groups is 4. The van der Waals surface area contributed by atoms with Gasteiger partial charge in [-0.2, -0.15) is 17.3 Å². The van der Waals surface area contributed by atoms with Crippen molar-refractivity contribution in [3.8, 4) is 0 Å². The summed E-state index contributed by atoms with van der Waals surface area (Å²) in [6.45, 7) is 24.5. The first-order valence-corrected chi connectivity index (χ1v) is 27.6. The van der Waals surface area contributed by atoms with Crippen LogP contribution in [0.15, 0.2) is 70.1 Å². The fourth-order valence-electron chi connectivity index (χ4n) is 9.15. The molecule has 0 radical (unpaired) electrons. The molecule has 4 N–H and O–H groups in total. The third kappa shape index (κ3) is 17.8. The molecule has 74 heavy (non-hydrogen) atoms. The lowest BCUT2D eigenvalue weighted by Crippen LogP contribution is -2.54. The number of allylic oxidation sites excluding steroid dienone is 4. The van der Waals surface area contributed by atoms with Crippen LogP contribution in [-0.4, -0.2) is 134 Å². The van der Waals surface area contributed by atoms with E-state index in [1.807, 2.05) is 45.2 Å². The van der Waals surface area contributed by atoms with E-state index in [2.05, 4.69) is 72.6 Å². The van der Waals surface area contributed by atoms with Gasteiger partial charge in [0.05, 0.1) is 28.9 Å². The van der Waals surface area contributed by atoms with Gasteiger partial charge in [-0.3, -0.25) is 19.2 Å². The Kier molecular flexibility index (Phi) is 22.1. The Labute approximate surface area is 443 Å². The molecule has 1 unspecified atom stereocenters. The number of nitrogens with one attached hydrogen (secondary N) is 3. The summed E-state index contributed by atoms with van der Waals surface area (Å²) in [5.74, 6) is -0.382. The SMILES string of the molecule is CCN1/C(=C/C=C/C2=[N+](CCCCCC(=O)NCCCN(C)CCCCN(C)C(=O)C(CNC(=O)OC(C)(C)C)NC(=O)OC(C)(C)C)c3ccc(S(=O)(=O)O)cc3C2(C)C)C(C)(C)c2cc(SOO[O-])ccc21. The van der Waals surface area contributed by atoms with Gasteiger partial charge in [0.2, 0.25) is 17.5 Å². The molecule has 412 valence electrons. The van der Waals surface area contributed by atoms with E-state index in [4.69, 9.17) is 9.47 Å². The van der Waals surface area contributed by atoms with Crippen LogP contribution >= 0.6 is 12.0 Å². The number of hydrogen-bond acceptors (Lipinski definition) is 14. The molecule has 0 spiro atoms. The van der Waals surface area contributed by atoms with Crippen LogP contribution in [0.25, 0.3) is 0 Å². The Morgan fingerprint density at radius 1 is 0.851 bits per heavy atom. The maximum absolute atomic E-state index is 13.4. The third-order valence-electron chi connectivity index (χ3n) is 12.8. The molecule has 2 heterocycles. The van der Waals surface area contributed by atoms with Crippen molar-refractivity contribution in [3.05, 3.63) is 71.5 Å². The van der Waals surface area contributed by atoms with Crippen molar-refractivity contribution in [2.75, 3.05) is 64.8 Å². The molecule has 0 bridgehead atoms. The number of hydrogen-bond donors (Lipinski definition) is 4. The zero-order valence-corrected chi connectivity index (χ0v) is 47.3. The van der Waals surface area contributed by atoms with Gasteiger partial charge in [-0.1, -0.05) is 19.9 Å². The van der Waals surface area contributed by atoms with Crippen molar-refractivity contribution in [2.24, 2.45) is 0 Å². The van der Waals surface area contributed by atoms with E-state index in [1.54, 1.807) is 60.7 Å². The van der Waals surface area contributed by atoms with Gasteiger partial charge >= 0.3 is 12.2 Å². The van der Waals surface area contributed by atoms with E-state index in [1.165, 1.54) is 11.0 Å². The minimum absolute atomic E-state index is 0.00683. The monoisotopic (exact) mass is 1070 g/mol. The average molecular weight is 1070 g/mol. The molecule has 2 aliphatic rings. The molecule has 2 aromatic carbocycles. The number of carbonyl (C=O) groups excluding carboxylic acids is 4. The van der Waals surface area contributed by atoms with E-state index in [0.717, 1.165) is 96.2 Å². The molecule has 4 rings (SSSR count). The molecule has 2 aromatic rings. The van der Waals surface area contributed by atoms with Crippen molar-refractivity contribution in [1.29, 1.82) is 0 Å². The zero-order chi connectivity index (χ0) is 55.2. The van der Waals surface area contributed by atoms with Gasteiger partial charge in [0.15, 0.2) is 5.71 Å². The van der Waals surface area contributed by atoms with Crippen LogP contribution in [0.1, 0.15) is 132 Å². The standard InChI is InChI=1S/C53H81N7O12S2/c1-14-59-42-27-25-37(73-72-71-65)34-39(42)52(8,9)44(59)22-20-23-45-53(10,11)40-35-38(74(66,67)68)26-28-43(40)60(45)33-17-15-16-24-46(61)54-29-21-31-57(12)30-18-19-32-58(13)47(62)41(56-49(64)70-51(5,6)7)36-55-48(63)69-50(2,3)4/h20,22-23,25-28,34-35,41H,14-19,21,24,29-33,36H2,1-13H3,(H4-,54,55,56,61,63,64,65,66,67,68). The Hall–Kier alpha value is -5.03. The van der Waals surface area contributed by atoms with Crippen molar-refractivity contribution < 1.29 is 60.8 Å². The highest BCUT2D eigenvalue weighted by molar-refractivity contribution is 7.94. The van der Waals surface area contributed by atoms with Crippen molar-refractivity contribution >= 4 is 63.2 Å². The first kappa shape index (κ1) is 61.5. The number of alkyl carbamates (subject to hydrolysis) is 2. The second kappa shape index (κ2) is 26.6.